The monoisotopic (exact) mass is 426 g/mol. The Hall–Kier alpha value is -2.73. The number of unbranched alkanes of at least 4 members (excludes halogenated alkanes) is 1. The average Bonchev–Trinajstić information content (AvgIpc) is 3.27. The molecule has 0 fully saturated rings. The van der Waals surface area contributed by atoms with Crippen LogP contribution >= 0.6 is 0 Å². The van der Waals surface area contributed by atoms with Crippen LogP contribution in [0.1, 0.15) is 70.7 Å². The predicted octanol–water partition coefficient (Wildman–Crippen LogP) is 5.16. The van der Waals surface area contributed by atoms with Gasteiger partial charge in [0.15, 0.2) is 0 Å². The summed E-state index contributed by atoms with van der Waals surface area (Å²) >= 11 is 0. The Morgan fingerprint density at radius 3 is 2.55 bits per heavy atom. The van der Waals surface area contributed by atoms with Crippen LogP contribution in [0.15, 0.2) is 59.6 Å². The molecule has 6 nitrogen and oxygen atoms in total. The van der Waals surface area contributed by atoms with Gasteiger partial charge in [-0.2, -0.15) is 0 Å². The van der Waals surface area contributed by atoms with Gasteiger partial charge in [-0.25, -0.2) is 0 Å². The average molecular weight is 427 g/mol. The highest BCUT2D eigenvalue weighted by molar-refractivity contribution is 5.76. The Balaban J connectivity index is 0.00000233. The maximum absolute atomic E-state index is 12.6. The second-order valence-corrected chi connectivity index (χ2v) is 7.35. The van der Waals surface area contributed by atoms with Gasteiger partial charge in [0.05, 0.1) is 12.1 Å². The fourth-order valence-electron chi connectivity index (χ4n) is 2.89. The molecule has 2 N–H and O–H groups in total. The molecule has 1 atom stereocenters. The highest BCUT2D eigenvalue weighted by atomic mass is 16.4. The Kier molecular flexibility index (Phi) is 12.1. The summed E-state index contributed by atoms with van der Waals surface area (Å²) in [5.74, 6) is 0.854. The lowest BCUT2D eigenvalue weighted by Gasteiger charge is -2.19. The number of carbonyl (C=O) groups is 1. The molecule has 0 bridgehead atoms. The first-order chi connectivity index (χ1) is 15.0. The SMILES string of the molecule is C=CCC/C=C/C[C@@](C)(N)c1nnc(CN(CC)C(=O)CCc2ccccc2)o1.CC. The maximum atomic E-state index is 12.6. The number of nitrogens with two attached hydrogens (primary N) is 1. The molecule has 1 aromatic carbocycles. The van der Waals surface area contributed by atoms with E-state index in [0.29, 0.717) is 44.1 Å². The van der Waals surface area contributed by atoms with Gasteiger partial charge in [-0.05, 0) is 45.1 Å². The van der Waals surface area contributed by atoms with E-state index in [9.17, 15) is 4.79 Å². The molecular formula is C25H38N4O2. The minimum Gasteiger partial charge on any atom is -0.421 e. The summed E-state index contributed by atoms with van der Waals surface area (Å²) in [4.78, 5) is 14.3. The number of aryl methyl sites for hydroxylation is 1. The molecule has 0 saturated carbocycles. The van der Waals surface area contributed by atoms with Crippen molar-refractivity contribution in [2.24, 2.45) is 5.73 Å². The Labute approximate surface area is 187 Å². The molecule has 0 aliphatic rings. The van der Waals surface area contributed by atoms with Crippen molar-refractivity contribution < 1.29 is 9.21 Å². The lowest BCUT2D eigenvalue weighted by atomic mass is 9.99. The minimum atomic E-state index is -0.746. The Bertz CT molecular complexity index is 797. The summed E-state index contributed by atoms with van der Waals surface area (Å²) in [6, 6.07) is 9.99. The fourth-order valence-corrected chi connectivity index (χ4v) is 2.89. The van der Waals surface area contributed by atoms with Gasteiger partial charge in [0, 0.05) is 13.0 Å². The van der Waals surface area contributed by atoms with Gasteiger partial charge in [0.2, 0.25) is 17.7 Å². The van der Waals surface area contributed by atoms with E-state index in [-0.39, 0.29) is 5.91 Å². The van der Waals surface area contributed by atoms with E-state index < -0.39 is 5.54 Å². The summed E-state index contributed by atoms with van der Waals surface area (Å²) in [6.07, 6.45) is 9.62. The van der Waals surface area contributed by atoms with Crippen LogP contribution in [0.5, 0.6) is 0 Å². The third-order valence-corrected chi connectivity index (χ3v) is 4.73. The molecular weight excluding hydrogens is 388 g/mol. The number of allylic oxidation sites excluding steroid dienone is 2. The lowest BCUT2D eigenvalue weighted by Crippen LogP contribution is -2.33. The molecule has 0 unspecified atom stereocenters. The van der Waals surface area contributed by atoms with Crippen LogP contribution in [0, 0.1) is 0 Å². The highest BCUT2D eigenvalue weighted by Gasteiger charge is 2.27. The van der Waals surface area contributed by atoms with E-state index in [2.05, 4.69) is 22.9 Å². The van der Waals surface area contributed by atoms with Crippen LogP contribution in [0.4, 0.5) is 0 Å². The van der Waals surface area contributed by atoms with Crippen LogP contribution in [-0.4, -0.2) is 27.5 Å². The van der Waals surface area contributed by atoms with Gasteiger partial charge in [-0.1, -0.05) is 62.4 Å². The number of hydrogen-bond donors (Lipinski definition) is 1. The van der Waals surface area contributed by atoms with Gasteiger partial charge >= 0.3 is 0 Å². The lowest BCUT2D eigenvalue weighted by molar-refractivity contribution is -0.131. The maximum Gasteiger partial charge on any atom is 0.236 e. The molecule has 31 heavy (non-hydrogen) atoms. The number of amides is 1. The predicted molar refractivity (Wildman–Crippen MR) is 126 cm³/mol. The number of hydrogen-bond acceptors (Lipinski definition) is 5. The van der Waals surface area contributed by atoms with Gasteiger partial charge in [-0.3, -0.25) is 4.79 Å². The molecule has 0 aliphatic carbocycles. The first-order valence-electron chi connectivity index (χ1n) is 11.2. The van der Waals surface area contributed by atoms with Gasteiger partial charge in [0.25, 0.3) is 0 Å². The molecule has 6 heteroatoms. The number of nitrogens with zero attached hydrogens (tertiary/aromatic N) is 3. The van der Waals surface area contributed by atoms with Crippen molar-refractivity contribution >= 4 is 5.91 Å². The molecule has 1 heterocycles. The Morgan fingerprint density at radius 1 is 1.19 bits per heavy atom. The van der Waals surface area contributed by atoms with Crippen molar-refractivity contribution in [1.82, 2.24) is 15.1 Å². The normalized spacial score (nSPS) is 12.7. The molecule has 2 aromatic rings. The van der Waals surface area contributed by atoms with Gasteiger partial charge in [0.1, 0.15) is 0 Å². The third kappa shape index (κ3) is 9.30. The van der Waals surface area contributed by atoms with Crippen LogP contribution in [-0.2, 0) is 23.3 Å². The molecule has 0 spiro atoms. The smallest absolute Gasteiger partial charge is 0.236 e. The molecule has 0 aliphatic heterocycles. The minimum absolute atomic E-state index is 0.0664. The van der Waals surface area contributed by atoms with E-state index in [1.165, 1.54) is 0 Å². The van der Waals surface area contributed by atoms with E-state index in [4.69, 9.17) is 10.2 Å². The van der Waals surface area contributed by atoms with E-state index in [0.717, 1.165) is 18.4 Å². The zero-order valence-corrected chi connectivity index (χ0v) is 19.5. The van der Waals surface area contributed by atoms with Crippen LogP contribution in [0.3, 0.4) is 0 Å². The van der Waals surface area contributed by atoms with Gasteiger partial charge < -0.3 is 15.1 Å². The molecule has 0 radical (unpaired) electrons. The number of aromatic nitrogens is 2. The summed E-state index contributed by atoms with van der Waals surface area (Å²) in [5.41, 5.74) is 6.76. The second kappa shape index (κ2) is 14.3. The summed E-state index contributed by atoms with van der Waals surface area (Å²) in [5, 5.41) is 8.21. The standard InChI is InChI=1S/C23H32N4O2.C2H6/c1-4-6-7-8-12-17-23(3,24)22-26-25-20(29-22)18-27(5-2)21(28)16-15-19-13-10-9-11-14-19;1-2/h4,8-14H,1,5-7,15-18,24H2,2-3H3;1-2H3/b12-8+;/t23-;/m1./s1. The van der Waals surface area contributed by atoms with Crippen molar-refractivity contribution in [1.29, 1.82) is 0 Å². The van der Waals surface area contributed by atoms with Crippen LogP contribution < -0.4 is 5.73 Å². The molecule has 1 aromatic heterocycles. The van der Waals surface area contributed by atoms with Crippen molar-refractivity contribution in [3.63, 3.8) is 0 Å². The van der Waals surface area contributed by atoms with E-state index >= 15 is 0 Å². The Morgan fingerprint density at radius 2 is 1.90 bits per heavy atom. The quantitative estimate of drug-likeness (QED) is 0.374. The molecule has 1 amide bonds. The van der Waals surface area contributed by atoms with Crippen molar-refractivity contribution in [3.8, 4) is 0 Å². The highest BCUT2D eigenvalue weighted by Crippen LogP contribution is 2.21. The largest absolute Gasteiger partial charge is 0.421 e. The first-order valence-corrected chi connectivity index (χ1v) is 11.2. The van der Waals surface area contributed by atoms with Crippen molar-refractivity contribution in [3.05, 3.63) is 72.5 Å². The molecule has 170 valence electrons. The topological polar surface area (TPSA) is 85.2 Å². The third-order valence-electron chi connectivity index (χ3n) is 4.73. The zero-order chi connectivity index (χ0) is 23.1. The first kappa shape index (κ1) is 26.3. The number of carbonyl (C=O) groups excluding carboxylic acids is 1. The zero-order valence-electron chi connectivity index (χ0n) is 19.5. The van der Waals surface area contributed by atoms with Gasteiger partial charge in [-0.15, -0.1) is 16.8 Å². The second-order valence-electron chi connectivity index (χ2n) is 7.35. The van der Waals surface area contributed by atoms with E-state index in [1.54, 1.807) is 4.90 Å². The van der Waals surface area contributed by atoms with E-state index in [1.807, 2.05) is 70.2 Å². The summed E-state index contributed by atoms with van der Waals surface area (Å²) in [6.45, 7) is 12.4. The molecule has 2 rings (SSSR count). The van der Waals surface area contributed by atoms with Crippen molar-refractivity contribution in [2.45, 2.75) is 71.9 Å². The number of rotatable bonds is 12. The van der Waals surface area contributed by atoms with Crippen molar-refractivity contribution in [2.75, 3.05) is 6.54 Å². The van der Waals surface area contributed by atoms with Crippen LogP contribution in [0.25, 0.3) is 0 Å². The summed E-state index contributed by atoms with van der Waals surface area (Å²) < 4.78 is 5.78. The fraction of sp³-hybridized carbons (Fsp3) is 0.480. The molecule has 0 saturated heterocycles. The summed E-state index contributed by atoms with van der Waals surface area (Å²) in [7, 11) is 0. The number of benzene rings is 1. The van der Waals surface area contributed by atoms with Crippen LogP contribution in [0.2, 0.25) is 0 Å².